The zero-order valence-electron chi connectivity index (χ0n) is 38.9. The van der Waals surface area contributed by atoms with Crippen LogP contribution in [0.4, 0.5) is 0 Å². The lowest BCUT2D eigenvalue weighted by Crippen LogP contribution is -2.70. The van der Waals surface area contributed by atoms with Crippen LogP contribution in [0.1, 0.15) is 13.8 Å². The van der Waals surface area contributed by atoms with Crippen LogP contribution in [0, 0.1) is 0 Å². The predicted octanol–water partition coefficient (Wildman–Crippen LogP) is -13.8. The van der Waals surface area contributed by atoms with Gasteiger partial charge in [-0.2, -0.15) is 0 Å². The Morgan fingerprint density at radius 3 is 0.986 bits per heavy atom. The van der Waals surface area contributed by atoms with Crippen LogP contribution in [0.2, 0.25) is 0 Å². The number of carbonyl (C=O) groups is 2. The molecule has 6 saturated heterocycles. The number of ether oxygens (including phenoxy) is 11. The van der Waals surface area contributed by atoms with Crippen molar-refractivity contribution < 1.29 is 154 Å². The summed E-state index contributed by atoms with van der Waals surface area (Å²) in [7, 11) is 0. The third kappa shape index (κ3) is 12.9. The molecule has 0 unspecified atom stereocenters. The van der Waals surface area contributed by atoms with E-state index in [0.717, 1.165) is 13.8 Å². The second kappa shape index (κ2) is 26.0. The van der Waals surface area contributed by atoms with Crippen LogP contribution in [-0.4, -0.2) is 327 Å². The van der Waals surface area contributed by atoms with Crippen molar-refractivity contribution in [2.45, 2.75) is 198 Å². The van der Waals surface area contributed by atoms with E-state index in [0.29, 0.717) is 0 Å². The summed E-state index contributed by atoms with van der Waals surface area (Å²) in [6, 6.07) is -3.53. The third-order valence-electron chi connectivity index (χ3n) is 13.2. The molecule has 424 valence electrons. The van der Waals surface area contributed by atoms with E-state index in [-0.39, 0.29) is 0 Å². The quantitative estimate of drug-likeness (QED) is 0.0606. The van der Waals surface area contributed by atoms with Crippen LogP contribution in [-0.2, 0) is 61.7 Å². The molecule has 6 rings (SSSR count). The van der Waals surface area contributed by atoms with E-state index in [1.54, 1.807) is 0 Å². The van der Waals surface area contributed by atoms with Gasteiger partial charge in [0, 0.05) is 13.8 Å². The summed E-state index contributed by atoms with van der Waals surface area (Å²) in [5.74, 6) is -1.69. The highest BCUT2D eigenvalue weighted by atomic mass is 16.8. The number of hydrogen-bond acceptors (Lipinski definition) is 31. The fourth-order valence-corrected chi connectivity index (χ4v) is 9.32. The summed E-state index contributed by atoms with van der Waals surface area (Å²) in [6.07, 6.45) is -52.9. The molecule has 0 aromatic rings. The van der Waals surface area contributed by atoms with Gasteiger partial charge in [-0.1, -0.05) is 0 Å². The Balaban J connectivity index is 1.21. The Hall–Kier alpha value is -2.22. The molecule has 20 N–H and O–H groups in total. The van der Waals surface area contributed by atoms with Gasteiger partial charge >= 0.3 is 0 Å². The van der Waals surface area contributed by atoms with Crippen LogP contribution < -0.4 is 10.6 Å². The maximum absolute atomic E-state index is 12.6. The van der Waals surface area contributed by atoms with Crippen molar-refractivity contribution in [2.24, 2.45) is 0 Å². The minimum Gasteiger partial charge on any atom is -0.394 e. The number of rotatable bonds is 18. The SMILES string of the molecule is CC(=O)N[C@H]1[C@H](O[C@@H]2[C@@H](O)[C@@H](CO)O[C@@H](O[C@H]3[C@H](O)[C@@H](NC(C)=O)[C@H](O[C@H]4[C@@H](O)[C@@H](CO)O[C@@H](O[C@H]5[C@H](O)[C@@H](O)[C@H](O)O[C@@H]5CO)[C@@H]4O)O[C@@H]3CO)[C@@H]2O)O[C@H](CO)[C@@H](O[C@@H]2O[C@H](CO)[C@H](O)[C@H](O)[C@@H]2O)[C@@H]1O. The van der Waals surface area contributed by atoms with Crippen molar-refractivity contribution >= 4 is 11.8 Å². The molecule has 6 aliphatic rings. The molecular formula is C40H68N2O31. The lowest BCUT2D eigenvalue weighted by Gasteiger charge is -2.51. The molecule has 2 amide bonds. The highest BCUT2D eigenvalue weighted by molar-refractivity contribution is 5.73. The molecule has 33 nitrogen and oxygen atoms in total. The summed E-state index contributed by atoms with van der Waals surface area (Å²) in [5.41, 5.74) is 0. The van der Waals surface area contributed by atoms with Crippen LogP contribution in [0.5, 0.6) is 0 Å². The average Bonchev–Trinajstić information content (AvgIpc) is 3.36. The van der Waals surface area contributed by atoms with Gasteiger partial charge in [0.2, 0.25) is 11.8 Å². The number of hydrogen-bond donors (Lipinski definition) is 20. The van der Waals surface area contributed by atoms with Crippen LogP contribution in [0.25, 0.3) is 0 Å². The number of aliphatic hydroxyl groups excluding tert-OH is 18. The molecule has 0 spiro atoms. The highest BCUT2D eigenvalue weighted by Crippen LogP contribution is 2.37. The Labute approximate surface area is 413 Å². The molecule has 0 aromatic heterocycles. The molecule has 0 saturated carbocycles. The first kappa shape index (κ1) is 60.0. The number of aliphatic hydroxyl groups is 18. The maximum atomic E-state index is 12.6. The number of carbonyl (C=O) groups excluding carboxylic acids is 2. The van der Waals surface area contributed by atoms with Gasteiger partial charge in [-0.15, -0.1) is 0 Å². The van der Waals surface area contributed by atoms with Crippen molar-refractivity contribution in [3.8, 4) is 0 Å². The minimum atomic E-state index is -2.21. The largest absolute Gasteiger partial charge is 0.394 e. The summed E-state index contributed by atoms with van der Waals surface area (Å²) >= 11 is 0. The third-order valence-corrected chi connectivity index (χ3v) is 13.2. The summed E-state index contributed by atoms with van der Waals surface area (Å²) in [4.78, 5) is 25.0. The normalized spacial score (nSPS) is 49.8. The molecular weight excluding hydrogens is 1000 g/mol. The molecule has 6 fully saturated rings. The summed E-state index contributed by atoms with van der Waals surface area (Å²) < 4.78 is 62.4. The Morgan fingerprint density at radius 1 is 0.329 bits per heavy atom. The zero-order valence-corrected chi connectivity index (χ0v) is 38.9. The molecule has 0 radical (unpaired) electrons. The van der Waals surface area contributed by atoms with Crippen molar-refractivity contribution in [1.29, 1.82) is 0 Å². The van der Waals surface area contributed by atoms with Gasteiger partial charge in [-0.3, -0.25) is 9.59 Å². The second-order valence-electron chi connectivity index (χ2n) is 18.2. The van der Waals surface area contributed by atoms with E-state index < -0.39 is 236 Å². The summed E-state index contributed by atoms with van der Waals surface area (Å²) in [6.45, 7) is -3.79. The van der Waals surface area contributed by atoms with Crippen LogP contribution >= 0.6 is 0 Å². The van der Waals surface area contributed by atoms with Crippen LogP contribution in [0.15, 0.2) is 0 Å². The summed E-state index contributed by atoms with van der Waals surface area (Å²) in [5, 5.41) is 196. The van der Waals surface area contributed by atoms with Gasteiger partial charge < -0.3 is 155 Å². The zero-order chi connectivity index (χ0) is 53.9. The van der Waals surface area contributed by atoms with E-state index >= 15 is 0 Å². The fourth-order valence-electron chi connectivity index (χ4n) is 9.32. The van der Waals surface area contributed by atoms with Gasteiger partial charge in [0.15, 0.2) is 37.7 Å². The molecule has 6 heterocycles. The van der Waals surface area contributed by atoms with Crippen LogP contribution in [0.3, 0.4) is 0 Å². The number of nitrogens with one attached hydrogen (secondary N) is 2. The monoisotopic (exact) mass is 1070 g/mol. The molecule has 0 bridgehead atoms. The molecule has 0 aliphatic carbocycles. The van der Waals surface area contributed by atoms with Gasteiger partial charge in [-0.05, 0) is 0 Å². The fraction of sp³-hybridized carbons (Fsp3) is 0.950. The van der Waals surface area contributed by atoms with E-state index in [4.69, 9.17) is 52.1 Å². The first-order chi connectivity index (χ1) is 34.5. The van der Waals surface area contributed by atoms with E-state index in [1.807, 2.05) is 0 Å². The van der Waals surface area contributed by atoms with Gasteiger partial charge in [0.05, 0.1) is 39.6 Å². The first-order valence-corrected chi connectivity index (χ1v) is 23.1. The van der Waals surface area contributed by atoms with Crippen molar-refractivity contribution in [2.75, 3.05) is 39.6 Å². The van der Waals surface area contributed by atoms with E-state index in [9.17, 15) is 102 Å². The smallest absolute Gasteiger partial charge is 0.217 e. The van der Waals surface area contributed by atoms with Gasteiger partial charge in [0.25, 0.3) is 0 Å². The first-order valence-electron chi connectivity index (χ1n) is 23.1. The highest BCUT2D eigenvalue weighted by Gasteiger charge is 2.58. The lowest BCUT2D eigenvalue weighted by molar-refractivity contribution is -0.386. The molecule has 30 atom stereocenters. The molecule has 73 heavy (non-hydrogen) atoms. The maximum Gasteiger partial charge on any atom is 0.217 e. The Kier molecular flexibility index (Phi) is 21.3. The van der Waals surface area contributed by atoms with Gasteiger partial charge in [-0.25, -0.2) is 0 Å². The minimum absolute atomic E-state index is 0.829. The van der Waals surface area contributed by atoms with Gasteiger partial charge in [0.1, 0.15) is 146 Å². The molecule has 33 heteroatoms. The van der Waals surface area contributed by atoms with Crippen molar-refractivity contribution in [1.82, 2.24) is 10.6 Å². The molecule has 6 aliphatic heterocycles. The lowest BCUT2D eigenvalue weighted by atomic mass is 9.93. The second-order valence-corrected chi connectivity index (χ2v) is 18.2. The standard InChI is InChI=1S/C40H68N2O31/c1-9(49)41-17-22(54)30(69-38-27(59)24(56)19(51)11(3-43)64-38)15(7-47)67-36(17)72-33-20(52)12(4-44)65-39(28(33)60)70-31-16(8-48)68-37(18(23(31)55)42-10(2)50)73-34-21(53)13(5-45)66-40(29(34)61)71-32-14(6-46)63-35(62)26(58)25(32)57/h11-40,43-48,51-62H,3-8H2,1-2H3,(H,41,49)(H,42,50)/t11-,12-,13-,14-,15-,16-,17-,18-,19+,20+,21+,22-,23-,24+,25-,26-,27+,28-,29-,30-,31-,32-,33-,34+,35-,36+,37+,38+,39+,40+/m1/s1. The molecule has 0 aromatic carbocycles. The van der Waals surface area contributed by atoms with E-state index in [1.165, 1.54) is 0 Å². The topological polar surface area (TPSA) is 524 Å². The van der Waals surface area contributed by atoms with E-state index in [2.05, 4.69) is 10.6 Å². The Morgan fingerprint density at radius 2 is 0.630 bits per heavy atom. The predicted molar refractivity (Wildman–Crippen MR) is 222 cm³/mol. The van der Waals surface area contributed by atoms with Crippen molar-refractivity contribution in [3.63, 3.8) is 0 Å². The number of amides is 2. The average molecular weight is 1070 g/mol. The Bertz CT molecular complexity index is 1750. The van der Waals surface area contributed by atoms with Crippen molar-refractivity contribution in [3.05, 3.63) is 0 Å².